The number of benzene rings is 2. The summed E-state index contributed by atoms with van der Waals surface area (Å²) in [5.74, 6) is 0.867. The van der Waals surface area contributed by atoms with Gasteiger partial charge in [0, 0.05) is 17.2 Å². The summed E-state index contributed by atoms with van der Waals surface area (Å²) in [5, 5.41) is 3.12. The Morgan fingerprint density at radius 2 is 1.88 bits per heavy atom. The second kappa shape index (κ2) is 6.71. The van der Waals surface area contributed by atoms with Crippen LogP contribution >= 0.6 is 0 Å². The quantitative estimate of drug-likeness (QED) is 0.705. The lowest BCUT2D eigenvalue weighted by Gasteiger charge is -2.21. The van der Waals surface area contributed by atoms with E-state index < -0.39 is 0 Å². The highest BCUT2D eigenvalue weighted by atomic mass is 16.3. The number of carbonyl (C=O) groups is 1. The summed E-state index contributed by atoms with van der Waals surface area (Å²) in [7, 11) is 0. The van der Waals surface area contributed by atoms with Crippen LogP contribution in [-0.2, 0) is 4.79 Å². The number of oxazole rings is 1. The molecular formula is C21H22N2O2. The zero-order valence-electron chi connectivity index (χ0n) is 14.4. The second-order valence-corrected chi connectivity index (χ2v) is 6.79. The number of aromatic nitrogens is 1. The van der Waals surface area contributed by atoms with Crippen LogP contribution in [0.1, 0.15) is 37.7 Å². The minimum absolute atomic E-state index is 0.137. The van der Waals surface area contributed by atoms with Crippen molar-refractivity contribution in [3.05, 3.63) is 48.0 Å². The Kier molecular flexibility index (Phi) is 4.26. The highest BCUT2D eigenvalue weighted by molar-refractivity contribution is 5.94. The van der Waals surface area contributed by atoms with Gasteiger partial charge in [-0.15, -0.1) is 0 Å². The van der Waals surface area contributed by atoms with Crippen molar-refractivity contribution in [3.8, 4) is 11.5 Å². The molecule has 1 amide bonds. The number of nitrogens with one attached hydrogen (secondary N) is 1. The molecule has 1 aliphatic carbocycles. The third-order valence-electron chi connectivity index (χ3n) is 5.09. The zero-order valence-corrected chi connectivity index (χ0v) is 14.4. The first kappa shape index (κ1) is 15.9. The number of hydrogen-bond acceptors (Lipinski definition) is 3. The number of carbonyl (C=O) groups excluding carboxylic acids is 1. The van der Waals surface area contributed by atoms with Gasteiger partial charge in [-0.05, 0) is 49.6 Å². The Morgan fingerprint density at radius 3 is 2.68 bits per heavy atom. The van der Waals surface area contributed by atoms with Gasteiger partial charge >= 0.3 is 0 Å². The lowest BCUT2D eigenvalue weighted by molar-refractivity contribution is -0.120. The second-order valence-electron chi connectivity index (χ2n) is 6.79. The standard InChI is InChI=1S/C21H22N2O2/c1-14-16(21-23-18-11-5-6-13-19(18)25-21)10-7-12-17(14)22-20(24)15-8-3-2-4-9-15/h5-7,10-13,15H,2-4,8-9H2,1H3,(H,22,24). The van der Waals surface area contributed by atoms with E-state index in [9.17, 15) is 4.79 Å². The summed E-state index contributed by atoms with van der Waals surface area (Å²) in [6.07, 6.45) is 5.54. The SMILES string of the molecule is Cc1c(NC(=O)C2CCCCC2)cccc1-c1nc2ccccc2o1. The van der Waals surface area contributed by atoms with E-state index in [2.05, 4.69) is 10.3 Å². The van der Waals surface area contributed by atoms with E-state index in [1.807, 2.05) is 49.4 Å². The van der Waals surface area contributed by atoms with Crippen molar-refractivity contribution in [2.45, 2.75) is 39.0 Å². The highest BCUT2D eigenvalue weighted by Crippen LogP contribution is 2.31. The highest BCUT2D eigenvalue weighted by Gasteiger charge is 2.22. The van der Waals surface area contributed by atoms with Crippen molar-refractivity contribution in [2.75, 3.05) is 5.32 Å². The average molecular weight is 334 g/mol. The summed E-state index contributed by atoms with van der Waals surface area (Å²) in [5.41, 5.74) is 4.35. The van der Waals surface area contributed by atoms with E-state index in [1.54, 1.807) is 0 Å². The Balaban J connectivity index is 1.62. The topological polar surface area (TPSA) is 55.1 Å². The first-order valence-electron chi connectivity index (χ1n) is 8.99. The summed E-state index contributed by atoms with van der Waals surface area (Å²) in [6.45, 7) is 2.00. The maximum absolute atomic E-state index is 12.6. The fourth-order valence-corrected chi connectivity index (χ4v) is 3.59. The number of amides is 1. The van der Waals surface area contributed by atoms with E-state index in [-0.39, 0.29) is 11.8 Å². The van der Waals surface area contributed by atoms with Crippen LogP contribution in [0.5, 0.6) is 0 Å². The number of hydrogen-bond donors (Lipinski definition) is 1. The van der Waals surface area contributed by atoms with E-state index >= 15 is 0 Å². The number of rotatable bonds is 3. The van der Waals surface area contributed by atoms with Crippen molar-refractivity contribution >= 4 is 22.7 Å². The molecule has 2 aromatic carbocycles. The predicted octanol–water partition coefficient (Wildman–Crippen LogP) is 5.32. The van der Waals surface area contributed by atoms with Gasteiger partial charge < -0.3 is 9.73 Å². The summed E-state index contributed by atoms with van der Waals surface area (Å²) in [4.78, 5) is 17.1. The van der Waals surface area contributed by atoms with Crippen LogP contribution in [0.2, 0.25) is 0 Å². The van der Waals surface area contributed by atoms with Crippen molar-refractivity contribution < 1.29 is 9.21 Å². The van der Waals surface area contributed by atoms with E-state index in [0.717, 1.165) is 53.6 Å². The molecule has 0 atom stereocenters. The van der Waals surface area contributed by atoms with Crippen molar-refractivity contribution in [2.24, 2.45) is 5.92 Å². The first-order valence-corrected chi connectivity index (χ1v) is 8.99. The fraction of sp³-hybridized carbons (Fsp3) is 0.333. The molecular weight excluding hydrogens is 312 g/mol. The minimum Gasteiger partial charge on any atom is -0.436 e. The molecule has 0 unspecified atom stereocenters. The Hall–Kier alpha value is -2.62. The molecule has 25 heavy (non-hydrogen) atoms. The molecule has 1 saturated carbocycles. The molecule has 3 aromatic rings. The maximum atomic E-state index is 12.6. The lowest BCUT2D eigenvalue weighted by atomic mass is 9.88. The summed E-state index contributed by atoms with van der Waals surface area (Å²) in [6, 6.07) is 13.6. The number of fused-ring (bicyclic) bond motifs is 1. The molecule has 1 aliphatic rings. The van der Waals surface area contributed by atoms with Gasteiger partial charge in [0.1, 0.15) is 5.52 Å². The Morgan fingerprint density at radius 1 is 1.08 bits per heavy atom. The monoisotopic (exact) mass is 334 g/mol. The van der Waals surface area contributed by atoms with Gasteiger partial charge in [0.15, 0.2) is 5.58 Å². The number of para-hydroxylation sites is 2. The molecule has 0 radical (unpaired) electrons. The molecule has 1 aromatic heterocycles. The normalized spacial score (nSPS) is 15.4. The smallest absolute Gasteiger partial charge is 0.227 e. The molecule has 4 heteroatoms. The molecule has 128 valence electrons. The predicted molar refractivity (Wildman–Crippen MR) is 99.4 cm³/mol. The zero-order chi connectivity index (χ0) is 17.2. The molecule has 4 rings (SSSR count). The van der Waals surface area contributed by atoms with Gasteiger partial charge in [-0.25, -0.2) is 4.98 Å². The maximum Gasteiger partial charge on any atom is 0.227 e. The van der Waals surface area contributed by atoms with E-state index in [0.29, 0.717) is 5.89 Å². The van der Waals surface area contributed by atoms with Crippen LogP contribution < -0.4 is 5.32 Å². The summed E-state index contributed by atoms with van der Waals surface area (Å²) >= 11 is 0. The number of nitrogens with zero attached hydrogens (tertiary/aromatic N) is 1. The molecule has 0 spiro atoms. The van der Waals surface area contributed by atoms with E-state index in [4.69, 9.17) is 4.42 Å². The van der Waals surface area contributed by atoms with Gasteiger partial charge in [-0.3, -0.25) is 4.79 Å². The van der Waals surface area contributed by atoms with E-state index in [1.165, 1.54) is 6.42 Å². The fourth-order valence-electron chi connectivity index (χ4n) is 3.59. The Bertz CT molecular complexity index is 874. The molecule has 0 aliphatic heterocycles. The molecule has 4 nitrogen and oxygen atoms in total. The molecule has 0 saturated heterocycles. The van der Waals surface area contributed by atoms with Gasteiger partial charge in [0.25, 0.3) is 0 Å². The first-order chi connectivity index (χ1) is 12.2. The van der Waals surface area contributed by atoms with Crippen LogP contribution in [0.25, 0.3) is 22.6 Å². The third-order valence-corrected chi connectivity index (χ3v) is 5.09. The Labute approximate surface area is 147 Å². The average Bonchev–Trinajstić information content (AvgIpc) is 3.08. The lowest BCUT2D eigenvalue weighted by Crippen LogP contribution is -2.25. The van der Waals surface area contributed by atoms with Gasteiger partial charge in [0.2, 0.25) is 11.8 Å². The van der Waals surface area contributed by atoms with Crippen LogP contribution in [-0.4, -0.2) is 10.9 Å². The van der Waals surface area contributed by atoms with Crippen molar-refractivity contribution in [1.82, 2.24) is 4.98 Å². The van der Waals surface area contributed by atoms with Crippen LogP contribution in [0.3, 0.4) is 0 Å². The number of anilines is 1. The molecule has 1 fully saturated rings. The minimum atomic E-state index is 0.137. The van der Waals surface area contributed by atoms with Crippen LogP contribution in [0.4, 0.5) is 5.69 Å². The van der Waals surface area contributed by atoms with Gasteiger partial charge in [-0.1, -0.05) is 37.5 Å². The molecule has 0 bridgehead atoms. The summed E-state index contributed by atoms with van der Waals surface area (Å²) < 4.78 is 5.89. The third kappa shape index (κ3) is 3.16. The van der Waals surface area contributed by atoms with Crippen LogP contribution in [0.15, 0.2) is 46.9 Å². The molecule has 1 N–H and O–H groups in total. The molecule has 1 heterocycles. The van der Waals surface area contributed by atoms with Gasteiger partial charge in [0.05, 0.1) is 0 Å². The van der Waals surface area contributed by atoms with Crippen LogP contribution in [0, 0.1) is 12.8 Å². The van der Waals surface area contributed by atoms with Crippen molar-refractivity contribution in [3.63, 3.8) is 0 Å². The van der Waals surface area contributed by atoms with Gasteiger partial charge in [-0.2, -0.15) is 0 Å². The van der Waals surface area contributed by atoms with Crippen molar-refractivity contribution in [1.29, 1.82) is 0 Å². The largest absolute Gasteiger partial charge is 0.436 e.